The summed E-state index contributed by atoms with van der Waals surface area (Å²) < 4.78 is 10.4. The van der Waals surface area contributed by atoms with Crippen LogP contribution < -0.4 is 10.1 Å². The van der Waals surface area contributed by atoms with Gasteiger partial charge in [-0.2, -0.15) is 0 Å². The van der Waals surface area contributed by atoms with E-state index in [-0.39, 0.29) is 17.9 Å². The molecule has 0 spiro atoms. The van der Waals surface area contributed by atoms with E-state index in [1.807, 2.05) is 68.4 Å². The van der Waals surface area contributed by atoms with Crippen molar-refractivity contribution in [1.29, 1.82) is 0 Å². The van der Waals surface area contributed by atoms with E-state index in [2.05, 4.69) is 5.32 Å². The molecule has 0 fully saturated rings. The van der Waals surface area contributed by atoms with Crippen LogP contribution in [0.25, 0.3) is 0 Å². The number of anilines is 1. The number of carbonyl (C=O) groups is 1. The minimum absolute atomic E-state index is 0.163. The molecule has 4 nitrogen and oxygen atoms in total. The van der Waals surface area contributed by atoms with Crippen LogP contribution in [0, 0.1) is 5.92 Å². The molecule has 0 aliphatic rings. The number of rotatable bonds is 7. The fourth-order valence-electron chi connectivity index (χ4n) is 2.43. The van der Waals surface area contributed by atoms with E-state index in [1.165, 1.54) is 0 Å². The smallest absolute Gasteiger partial charge is 0.311 e. The van der Waals surface area contributed by atoms with Gasteiger partial charge in [0.1, 0.15) is 5.75 Å². The Labute approximate surface area is 137 Å². The molecule has 0 saturated carbocycles. The molecule has 1 N–H and O–H groups in total. The molecule has 0 amide bonds. The molecule has 0 aromatic heterocycles. The van der Waals surface area contributed by atoms with Crippen molar-refractivity contribution in [3.8, 4) is 5.75 Å². The molecule has 0 radical (unpaired) electrons. The Morgan fingerprint density at radius 2 is 1.74 bits per heavy atom. The molecular formula is C19H23NO3. The topological polar surface area (TPSA) is 47.6 Å². The summed E-state index contributed by atoms with van der Waals surface area (Å²) in [6, 6.07) is 17.4. The van der Waals surface area contributed by atoms with Crippen LogP contribution in [-0.2, 0) is 9.53 Å². The largest absolute Gasteiger partial charge is 0.497 e. The highest BCUT2D eigenvalue weighted by atomic mass is 16.5. The Kier molecular flexibility index (Phi) is 6.03. The first-order chi connectivity index (χ1) is 11.2. The molecule has 2 rings (SSSR count). The highest BCUT2D eigenvalue weighted by molar-refractivity contribution is 5.74. The van der Waals surface area contributed by atoms with Gasteiger partial charge in [0.25, 0.3) is 0 Å². The summed E-state index contributed by atoms with van der Waals surface area (Å²) in [5, 5.41) is 3.43. The van der Waals surface area contributed by atoms with Crippen LogP contribution >= 0.6 is 0 Å². The molecule has 0 aliphatic heterocycles. The summed E-state index contributed by atoms with van der Waals surface area (Å²) in [5.41, 5.74) is 1.97. The molecule has 23 heavy (non-hydrogen) atoms. The van der Waals surface area contributed by atoms with Gasteiger partial charge in [-0.15, -0.1) is 0 Å². The van der Waals surface area contributed by atoms with Gasteiger partial charge in [-0.3, -0.25) is 4.79 Å². The average molecular weight is 313 g/mol. The first-order valence-corrected chi connectivity index (χ1v) is 7.78. The van der Waals surface area contributed by atoms with Crippen molar-refractivity contribution in [1.82, 2.24) is 0 Å². The van der Waals surface area contributed by atoms with Gasteiger partial charge in [0.15, 0.2) is 0 Å². The number of benzene rings is 2. The first kappa shape index (κ1) is 16.9. The van der Waals surface area contributed by atoms with Crippen molar-refractivity contribution >= 4 is 11.7 Å². The Bertz CT molecular complexity index is 610. The second-order valence-electron chi connectivity index (χ2n) is 5.30. The number of hydrogen-bond donors (Lipinski definition) is 1. The third-order valence-electron chi connectivity index (χ3n) is 3.73. The monoisotopic (exact) mass is 313 g/mol. The van der Waals surface area contributed by atoms with Gasteiger partial charge in [-0.05, 0) is 43.7 Å². The van der Waals surface area contributed by atoms with Crippen molar-refractivity contribution in [2.24, 2.45) is 5.92 Å². The summed E-state index contributed by atoms with van der Waals surface area (Å²) in [5.74, 6) is 0.284. The van der Waals surface area contributed by atoms with Crippen molar-refractivity contribution in [3.05, 3.63) is 60.2 Å². The molecule has 0 saturated heterocycles. The van der Waals surface area contributed by atoms with Gasteiger partial charge in [0.05, 0.1) is 25.7 Å². The summed E-state index contributed by atoms with van der Waals surface area (Å²) >= 11 is 0. The van der Waals surface area contributed by atoms with Gasteiger partial charge in [0.2, 0.25) is 0 Å². The molecule has 0 aliphatic carbocycles. The lowest BCUT2D eigenvalue weighted by molar-refractivity contribution is -0.147. The Hall–Kier alpha value is -2.49. The molecule has 0 unspecified atom stereocenters. The second kappa shape index (κ2) is 8.22. The van der Waals surface area contributed by atoms with Crippen molar-refractivity contribution in [3.63, 3.8) is 0 Å². The summed E-state index contributed by atoms with van der Waals surface area (Å²) in [7, 11) is 1.64. The summed E-state index contributed by atoms with van der Waals surface area (Å²) in [4.78, 5) is 12.2. The minimum atomic E-state index is -0.306. The number of hydrogen-bond acceptors (Lipinski definition) is 4. The van der Waals surface area contributed by atoms with Crippen LogP contribution in [0.5, 0.6) is 5.75 Å². The average Bonchev–Trinajstić information content (AvgIpc) is 2.60. The fourth-order valence-corrected chi connectivity index (χ4v) is 2.43. The van der Waals surface area contributed by atoms with Gasteiger partial charge >= 0.3 is 5.97 Å². The molecule has 0 bridgehead atoms. The summed E-state index contributed by atoms with van der Waals surface area (Å²) in [6.45, 7) is 4.08. The molecule has 2 aromatic rings. The summed E-state index contributed by atoms with van der Waals surface area (Å²) in [6.07, 6.45) is 0. The van der Waals surface area contributed by atoms with Gasteiger partial charge < -0.3 is 14.8 Å². The van der Waals surface area contributed by atoms with Gasteiger partial charge in [-0.25, -0.2) is 0 Å². The highest BCUT2D eigenvalue weighted by Crippen LogP contribution is 2.28. The predicted molar refractivity (Wildman–Crippen MR) is 91.6 cm³/mol. The molecular weight excluding hydrogens is 290 g/mol. The van der Waals surface area contributed by atoms with E-state index in [0.29, 0.717) is 6.61 Å². The maximum absolute atomic E-state index is 12.2. The lowest BCUT2D eigenvalue weighted by Crippen LogP contribution is -2.27. The van der Waals surface area contributed by atoms with Crippen LogP contribution in [0.15, 0.2) is 54.6 Å². The Morgan fingerprint density at radius 1 is 1.09 bits per heavy atom. The first-order valence-electron chi connectivity index (χ1n) is 7.78. The standard InChI is InChI=1S/C19H23NO3/c1-4-23-19(21)14(2)18(15-8-6-5-7-9-15)20-16-10-12-17(22-3)13-11-16/h5-14,18,20H,4H2,1-3H3/t14-,18-/m1/s1. The SMILES string of the molecule is CCOC(=O)[C@H](C)[C@@H](Nc1ccc(OC)cc1)c1ccccc1. The lowest BCUT2D eigenvalue weighted by Gasteiger charge is -2.25. The Morgan fingerprint density at radius 3 is 2.30 bits per heavy atom. The van der Waals surface area contributed by atoms with Crippen molar-refractivity contribution in [2.45, 2.75) is 19.9 Å². The van der Waals surface area contributed by atoms with Crippen LogP contribution in [0.2, 0.25) is 0 Å². The van der Waals surface area contributed by atoms with Crippen LogP contribution in [0.4, 0.5) is 5.69 Å². The van der Waals surface area contributed by atoms with E-state index < -0.39 is 0 Å². The molecule has 2 atom stereocenters. The third kappa shape index (κ3) is 4.49. The second-order valence-corrected chi connectivity index (χ2v) is 5.30. The van der Waals surface area contributed by atoms with Gasteiger partial charge in [0, 0.05) is 5.69 Å². The zero-order valence-electron chi connectivity index (χ0n) is 13.8. The van der Waals surface area contributed by atoms with Crippen LogP contribution in [-0.4, -0.2) is 19.7 Å². The molecule has 0 heterocycles. The van der Waals surface area contributed by atoms with E-state index >= 15 is 0 Å². The van der Waals surface area contributed by atoms with E-state index in [4.69, 9.17) is 9.47 Å². The normalized spacial score (nSPS) is 13.0. The van der Waals surface area contributed by atoms with Crippen LogP contribution in [0.3, 0.4) is 0 Å². The van der Waals surface area contributed by atoms with Crippen molar-refractivity contribution in [2.75, 3.05) is 19.0 Å². The quantitative estimate of drug-likeness (QED) is 0.784. The maximum Gasteiger partial charge on any atom is 0.311 e. The van der Waals surface area contributed by atoms with E-state index in [9.17, 15) is 4.79 Å². The predicted octanol–water partition coefficient (Wildman–Crippen LogP) is 4.05. The maximum atomic E-state index is 12.2. The zero-order chi connectivity index (χ0) is 16.7. The minimum Gasteiger partial charge on any atom is -0.497 e. The number of esters is 1. The number of methoxy groups -OCH3 is 1. The van der Waals surface area contributed by atoms with Crippen LogP contribution in [0.1, 0.15) is 25.5 Å². The van der Waals surface area contributed by atoms with E-state index in [1.54, 1.807) is 7.11 Å². The number of nitrogens with one attached hydrogen (secondary N) is 1. The lowest BCUT2D eigenvalue weighted by atomic mass is 9.94. The number of carbonyl (C=O) groups excluding carboxylic acids is 1. The third-order valence-corrected chi connectivity index (χ3v) is 3.73. The Balaban J connectivity index is 2.24. The molecule has 122 valence electrons. The number of ether oxygens (including phenoxy) is 2. The fraction of sp³-hybridized carbons (Fsp3) is 0.316. The molecule has 4 heteroatoms. The highest BCUT2D eigenvalue weighted by Gasteiger charge is 2.26. The molecule has 2 aromatic carbocycles. The van der Waals surface area contributed by atoms with Crippen molar-refractivity contribution < 1.29 is 14.3 Å². The van der Waals surface area contributed by atoms with E-state index in [0.717, 1.165) is 17.0 Å². The van der Waals surface area contributed by atoms with Gasteiger partial charge in [-0.1, -0.05) is 30.3 Å². The zero-order valence-corrected chi connectivity index (χ0v) is 13.8.